The highest BCUT2D eigenvalue weighted by molar-refractivity contribution is 5.81. The molecule has 0 aromatic heterocycles. The van der Waals surface area contributed by atoms with Crippen molar-refractivity contribution < 1.29 is 9.53 Å². The largest absolute Gasteiger partial charge is 0.481 e. The minimum absolute atomic E-state index is 0.0252. The van der Waals surface area contributed by atoms with E-state index in [4.69, 9.17) is 4.74 Å². The Morgan fingerprint density at radius 2 is 1.95 bits per heavy atom. The Morgan fingerprint density at radius 3 is 2.57 bits per heavy atom. The van der Waals surface area contributed by atoms with Crippen LogP contribution in [0, 0.1) is 13.8 Å². The van der Waals surface area contributed by atoms with Gasteiger partial charge in [-0.2, -0.15) is 0 Å². The number of nitrogens with zero attached hydrogens (tertiary/aromatic N) is 1. The summed E-state index contributed by atoms with van der Waals surface area (Å²) in [5, 5.41) is 3.09. The van der Waals surface area contributed by atoms with Crippen LogP contribution in [0.15, 0.2) is 18.2 Å². The van der Waals surface area contributed by atoms with Crippen LogP contribution in [-0.2, 0) is 4.79 Å². The molecule has 1 fully saturated rings. The van der Waals surface area contributed by atoms with E-state index < -0.39 is 6.10 Å². The second-order valence-electron chi connectivity index (χ2n) is 6.09. The molecule has 1 aliphatic heterocycles. The zero-order valence-electron chi connectivity index (χ0n) is 13.5. The third-order valence-corrected chi connectivity index (χ3v) is 4.23. The van der Waals surface area contributed by atoms with Gasteiger partial charge >= 0.3 is 0 Å². The molecule has 4 nitrogen and oxygen atoms in total. The van der Waals surface area contributed by atoms with E-state index in [1.807, 2.05) is 25.1 Å². The quantitative estimate of drug-likeness (QED) is 0.925. The van der Waals surface area contributed by atoms with Gasteiger partial charge in [-0.25, -0.2) is 0 Å². The van der Waals surface area contributed by atoms with Crippen molar-refractivity contribution in [3.05, 3.63) is 29.3 Å². The summed E-state index contributed by atoms with van der Waals surface area (Å²) in [6.07, 6.45) is 1.56. The molecule has 1 heterocycles. The number of benzene rings is 1. The number of likely N-dealkylation sites (tertiary alicyclic amines) is 1. The van der Waals surface area contributed by atoms with Crippen molar-refractivity contribution in [2.75, 3.05) is 20.1 Å². The fourth-order valence-electron chi connectivity index (χ4n) is 2.52. The Hall–Kier alpha value is -1.55. The highest BCUT2D eigenvalue weighted by Crippen LogP contribution is 2.18. The van der Waals surface area contributed by atoms with Gasteiger partial charge < -0.3 is 15.0 Å². The molecule has 1 atom stereocenters. The van der Waals surface area contributed by atoms with Crippen LogP contribution in [0.3, 0.4) is 0 Å². The Bertz CT molecular complexity index is 494. The summed E-state index contributed by atoms with van der Waals surface area (Å²) < 4.78 is 5.75. The van der Waals surface area contributed by atoms with Crippen molar-refractivity contribution in [1.29, 1.82) is 0 Å². The van der Waals surface area contributed by atoms with Crippen molar-refractivity contribution in [2.45, 2.75) is 45.8 Å². The maximum atomic E-state index is 12.2. The highest BCUT2D eigenvalue weighted by atomic mass is 16.5. The van der Waals surface area contributed by atoms with Gasteiger partial charge in [0, 0.05) is 6.04 Å². The minimum Gasteiger partial charge on any atom is -0.481 e. The van der Waals surface area contributed by atoms with E-state index in [1.54, 1.807) is 6.92 Å². The minimum atomic E-state index is -0.466. The number of nitrogens with one attached hydrogen (secondary N) is 1. The monoisotopic (exact) mass is 290 g/mol. The van der Waals surface area contributed by atoms with Gasteiger partial charge in [0.2, 0.25) is 0 Å². The molecule has 0 spiro atoms. The maximum absolute atomic E-state index is 12.2. The van der Waals surface area contributed by atoms with Crippen LogP contribution in [0.25, 0.3) is 0 Å². The smallest absolute Gasteiger partial charge is 0.260 e. The number of hydrogen-bond acceptors (Lipinski definition) is 3. The molecule has 0 saturated carbocycles. The number of carbonyl (C=O) groups excluding carboxylic acids is 1. The average Bonchev–Trinajstić information content (AvgIpc) is 2.45. The van der Waals surface area contributed by atoms with Gasteiger partial charge in [-0.15, -0.1) is 0 Å². The molecular weight excluding hydrogens is 264 g/mol. The molecule has 1 amide bonds. The molecule has 4 heteroatoms. The van der Waals surface area contributed by atoms with Crippen LogP contribution in [0.4, 0.5) is 0 Å². The third kappa shape index (κ3) is 4.46. The predicted octanol–water partition coefficient (Wildman–Crippen LogP) is 2.28. The normalized spacial score (nSPS) is 18.3. The molecular formula is C17H26N2O2. The summed E-state index contributed by atoms with van der Waals surface area (Å²) >= 11 is 0. The number of piperidine rings is 1. The van der Waals surface area contributed by atoms with E-state index >= 15 is 0 Å². The van der Waals surface area contributed by atoms with Crippen LogP contribution >= 0.6 is 0 Å². The number of amides is 1. The Morgan fingerprint density at radius 1 is 1.29 bits per heavy atom. The molecule has 1 saturated heterocycles. The van der Waals surface area contributed by atoms with Crippen LogP contribution < -0.4 is 10.1 Å². The first-order valence-corrected chi connectivity index (χ1v) is 7.68. The first-order chi connectivity index (χ1) is 9.95. The van der Waals surface area contributed by atoms with Gasteiger partial charge in [0.25, 0.3) is 5.91 Å². The standard InChI is InChI=1S/C17H26N2O2/c1-12-5-6-16(11-13(12)2)21-14(3)17(20)18-15-7-9-19(4)10-8-15/h5-6,11,14-15H,7-10H2,1-4H3,(H,18,20)/t14-/m1/s1. The second-order valence-corrected chi connectivity index (χ2v) is 6.09. The summed E-state index contributed by atoms with van der Waals surface area (Å²) in [6, 6.07) is 6.20. The van der Waals surface area contributed by atoms with Gasteiger partial charge in [0.05, 0.1) is 0 Å². The lowest BCUT2D eigenvalue weighted by atomic mass is 10.1. The van der Waals surface area contributed by atoms with Crippen molar-refractivity contribution in [3.63, 3.8) is 0 Å². The van der Waals surface area contributed by atoms with Crippen molar-refractivity contribution in [3.8, 4) is 5.75 Å². The third-order valence-electron chi connectivity index (χ3n) is 4.23. The first kappa shape index (κ1) is 15.8. The number of rotatable bonds is 4. The van der Waals surface area contributed by atoms with Crippen LogP contribution in [0.2, 0.25) is 0 Å². The van der Waals surface area contributed by atoms with Gasteiger partial charge in [-0.1, -0.05) is 6.07 Å². The van der Waals surface area contributed by atoms with Crippen LogP contribution in [-0.4, -0.2) is 43.1 Å². The van der Waals surface area contributed by atoms with Crippen molar-refractivity contribution in [1.82, 2.24) is 10.2 Å². The Balaban J connectivity index is 1.86. The topological polar surface area (TPSA) is 41.6 Å². The van der Waals surface area contributed by atoms with Gasteiger partial charge in [0.1, 0.15) is 5.75 Å². The average molecular weight is 290 g/mol. The lowest BCUT2D eigenvalue weighted by Gasteiger charge is -2.30. The van der Waals surface area contributed by atoms with Crippen LogP contribution in [0.1, 0.15) is 30.9 Å². The van der Waals surface area contributed by atoms with Crippen molar-refractivity contribution in [2.24, 2.45) is 0 Å². The zero-order chi connectivity index (χ0) is 15.4. The SMILES string of the molecule is Cc1ccc(O[C@H](C)C(=O)NC2CCN(C)CC2)cc1C. The summed E-state index contributed by atoms with van der Waals surface area (Å²) in [7, 11) is 2.11. The molecule has 1 aromatic carbocycles. The van der Waals surface area contributed by atoms with E-state index in [-0.39, 0.29) is 11.9 Å². The predicted molar refractivity (Wildman–Crippen MR) is 84.7 cm³/mol. The molecule has 0 radical (unpaired) electrons. The molecule has 21 heavy (non-hydrogen) atoms. The fourth-order valence-corrected chi connectivity index (χ4v) is 2.52. The fraction of sp³-hybridized carbons (Fsp3) is 0.588. The molecule has 0 aliphatic carbocycles. The van der Waals surface area contributed by atoms with E-state index in [0.717, 1.165) is 31.7 Å². The van der Waals surface area contributed by atoms with E-state index in [1.165, 1.54) is 11.1 Å². The first-order valence-electron chi connectivity index (χ1n) is 7.68. The zero-order valence-corrected chi connectivity index (χ0v) is 13.5. The molecule has 2 rings (SSSR count). The van der Waals surface area contributed by atoms with Crippen LogP contribution in [0.5, 0.6) is 5.75 Å². The van der Waals surface area contributed by atoms with Gasteiger partial charge in [-0.05, 0) is 77.0 Å². The Labute approximate surface area is 127 Å². The van der Waals surface area contributed by atoms with Gasteiger partial charge in [-0.3, -0.25) is 4.79 Å². The Kier molecular flexibility index (Phi) is 5.23. The molecule has 0 bridgehead atoms. The molecule has 0 unspecified atom stereocenters. The molecule has 1 N–H and O–H groups in total. The summed E-state index contributed by atoms with van der Waals surface area (Å²) in [4.78, 5) is 14.5. The lowest BCUT2D eigenvalue weighted by Crippen LogP contribution is -2.47. The second kappa shape index (κ2) is 6.94. The number of carbonyl (C=O) groups is 1. The number of ether oxygens (including phenoxy) is 1. The van der Waals surface area contributed by atoms with E-state index in [9.17, 15) is 4.79 Å². The maximum Gasteiger partial charge on any atom is 0.260 e. The summed E-state index contributed by atoms with van der Waals surface area (Å²) in [6.45, 7) is 8.00. The highest BCUT2D eigenvalue weighted by Gasteiger charge is 2.22. The summed E-state index contributed by atoms with van der Waals surface area (Å²) in [5.41, 5.74) is 2.40. The lowest BCUT2D eigenvalue weighted by molar-refractivity contribution is -0.128. The molecule has 1 aromatic rings. The number of aryl methyl sites for hydroxylation is 2. The van der Waals surface area contributed by atoms with Gasteiger partial charge in [0.15, 0.2) is 6.10 Å². The van der Waals surface area contributed by atoms with E-state index in [0.29, 0.717) is 0 Å². The molecule has 1 aliphatic rings. The summed E-state index contributed by atoms with van der Waals surface area (Å²) in [5.74, 6) is 0.729. The number of hydrogen-bond donors (Lipinski definition) is 1. The molecule has 116 valence electrons. The van der Waals surface area contributed by atoms with Crippen molar-refractivity contribution >= 4 is 5.91 Å². The van der Waals surface area contributed by atoms with E-state index in [2.05, 4.69) is 24.2 Å².